The number of thiophene rings is 1. The predicted octanol–water partition coefficient (Wildman–Crippen LogP) is 2.21. The van der Waals surface area contributed by atoms with Gasteiger partial charge in [-0.3, -0.25) is 4.79 Å². The van der Waals surface area contributed by atoms with Gasteiger partial charge in [0.2, 0.25) is 0 Å². The third-order valence-corrected chi connectivity index (χ3v) is 7.83. The Hall–Kier alpha value is -1.22. The maximum atomic E-state index is 12.6. The van der Waals surface area contributed by atoms with Gasteiger partial charge in [0.1, 0.15) is 4.21 Å². The Morgan fingerprint density at radius 3 is 2.80 bits per heavy atom. The van der Waals surface area contributed by atoms with Gasteiger partial charge in [-0.15, -0.1) is 11.3 Å². The third-order valence-electron chi connectivity index (χ3n) is 4.38. The highest BCUT2D eigenvalue weighted by molar-refractivity contribution is 7.91. The zero-order valence-corrected chi connectivity index (χ0v) is 15.7. The van der Waals surface area contributed by atoms with Crippen LogP contribution in [0.2, 0.25) is 0 Å². The van der Waals surface area contributed by atoms with Crippen LogP contribution in [0.4, 0.5) is 0 Å². The van der Waals surface area contributed by atoms with E-state index in [1.54, 1.807) is 12.1 Å². The summed E-state index contributed by atoms with van der Waals surface area (Å²) >= 11 is 1.14. The van der Waals surface area contributed by atoms with Crippen LogP contribution in [0.1, 0.15) is 24.1 Å². The highest BCUT2D eigenvalue weighted by Crippen LogP contribution is 2.26. The van der Waals surface area contributed by atoms with Crippen molar-refractivity contribution >= 4 is 27.3 Å². The van der Waals surface area contributed by atoms with Crippen molar-refractivity contribution in [2.24, 2.45) is 5.92 Å². The van der Waals surface area contributed by atoms with Gasteiger partial charge in [0.15, 0.2) is 0 Å². The minimum absolute atomic E-state index is 0.117. The number of nitrogens with zero attached hydrogens (tertiary/aromatic N) is 1. The molecule has 0 radical (unpaired) electrons. The van der Waals surface area contributed by atoms with Crippen LogP contribution in [0.25, 0.3) is 0 Å². The van der Waals surface area contributed by atoms with Gasteiger partial charge in [-0.05, 0) is 37.3 Å². The summed E-state index contributed by atoms with van der Waals surface area (Å²) in [5, 5.41) is 0. The summed E-state index contributed by atoms with van der Waals surface area (Å²) in [5.74, 6) is 0.0984. The van der Waals surface area contributed by atoms with Gasteiger partial charge in [-0.2, -0.15) is 4.31 Å². The second kappa shape index (κ2) is 8.44. The molecule has 0 saturated carbocycles. The first kappa shape index (κ1) is 18.6. The van der Waals surface area contributed by atoms with Gasteiger partial charge >= 0.3 is 5.97 Å². The van der Waals surface area contributed by atoms with E-state index in [2.05, 4.69) is 12.2 Å². The molecule has 1 aliphatic heterocycles. The predicted molar refractivity (Wildman–Crippen MR) is 95.0 cm³/mol. The standard InChI is InChI=1S/C17H23NO5S2/c19-16(23-13-14-4-2-1-3-5-14)12-15-6-7-17(24-15)25(20,21)18-8-10-22-11-9-18/h1-2,6-7,14H,3-5,8-13H2/t14-/m1/s1. The Balaban J connectivity index is 1.53. The summed E-state index contributed by atoms with van der Waals surface area (Å²) in [6.45, 7) is 2.01. The third kappa shape index (κ3) is 4.91. The minimum atomic E-state index is -3.49. The first-order chi connectivity index (χ1) is 12.1. The molecular weight excluding hydrogens is 362 g/mol. The van der Waals surface area contributed by atoms with Crippen LogP contribution in [0, 0.1) is 5.92 Å². The number of hydrogen-bond donors (Lipinski definition) is 0. The first-order valence-electron chi connectivity index (χ1n) is 8.53. The number of morpholine rings is 1. The quantitative estimate of drug-likeness (QED) is 0.554. The van der Waals surface area contributed by atoms with Gasteiger partial charge in [-0.1, -0.05) is 12.2 Å². The fraction of sp³-hybridized carbons (Fsp3) is 0.588. The molecule has 1 aromatic rings. The zero-order chi connectivity index (χ0) is 17.7. The largest absolute Gasteiger partial charge is 0.465 e. The Morgan fingerprint density at radius 1 is 1.28 bits per heavy atom. The normalized spacial score (nSPS) is 22.0. The van der Waals surface area contributed by atoms with Crippen molar-refractivity contribution in [3.63, 3.8) is 0 Å². The molecule has 0 amide bonds. The number of esters is 1. The van der Waals surface area contributed by atoms with Crippen LogP contribution < -0.4 is 0 Å². The lowest BCUT2D eigenvalue weighted by Crippen LogP contribution is -2.40. The maximum absolute atomic E-state index is 12.6. The topological polar surface area (TPSA) is 72.9 Å². The number of rotatable bonds is 6. The zero-order valence-electron chi connectivity index (χ0n) is 14.1. The van der Waals surface area contributed by atoms with E-state index in [-0.39, 0.29) is 16.6 Å². The summed E-state index contributed by atoms with van der Waals surface area (Å²) in [6.07, 6.45) is 7.44. The number of carbonyl (C=O) groups is 1. The molecule has 6 nitrogen and oxygen atoms in total. The van der Waals surface area contributed by atoms with Gasteiger partial charge in [0.25, 0.3) is 10.0 Å². The lowest BCUT2D eigenvalue weighted by molar-refractivity contribution is -0.144. The van der Waals surface area contributed by atoms with E-state index in [1.807, 2.05) is 0 Å². The number of carbonyl (C=O) groups excluding carboxylic acids is 1. The number of allylic oxidation sites excluding steroid dienone is 2. The van der Waals surface area contributed by atoms with Crippen LogP contribution in [-0.4, -0.2) is 51.6 Å². The Labute approximate surface area is 152 Å². The van der Waals surface area contributed by atoms with E-state index in [0.29, 0.717) is 43.7 Å². The van der Waals surface area contributed by atoms with Gasteiger partial charge in [0.05, 0.1) is 26.2 Å². The van der Waals surface area contributed by atoms with Crippen LogP contribution in [0.3, 0.4) is 0 Å². The number of hydrogen-bond acceptors (Lipinski definition) is 6. The Kier molecular flexibility index (Phi) is 6.27. The molecule has 0 bridgehead atoms. The first-order valence-corrected chi connectivity index (χ1v) is 10.8. The lowest BCUT2D eigenvalue weighted by Gasteiger charge is -2.25. The molecule has 0 spiro atoms. The Morgan fingerprint density at radius 2 is 2.08 bits per heavy atom. The summed E-state index contributed by atoms with van der Waals surface area (Å²) < 4.78 is 37.4. The smallest absolute Gasteiger partial charge is 0.311 e. The fourth-order valence-corrected chi connectivity index (χ4v) is 5.82. The highest BCUT2D eigenvalue weighted by atomic mass is 32.2. The van der Waals surface area contributed by atoms with Gasteiger partial charge in [-0.25, -0.2) is 8.42 Å². The van der Waals surface area contributed by atoms with Crippen LogP contribution in [0.15, 0.2) is 28.5 Å². The minimum Gasteiger partial charge on any atom is -0.465 e. The van der Waals surface area contributed by atoms with E-state index in [9.17, 15) is 13.2 Å². The average Bonchev–Trinajstić information content (AvgIpc) is 3.11. The molecule has 1 atom stereocenters. The molecule has 138 valence electrons. The second-order valence-corrected chi connectivity index (χ2v) is 9.58. The van der Waals surface area contributed by atoms with Crippen LogP contribution in [0.5, 0.6) is 0 Å². The van der Waals surface area contributed by atoms with Crippen molar-refractivity contribution in [3.8, 4) is 0 Å². The molecule has 0 N–H and O–H groups in total. The SMILES string of the molecule is O=C(Cc1ccc(S(=O)(=O)N2CCOCC2)s1)OC[C@@H]1CC=CCC1. The number of ether oxygens (including phenoxy) is 2. The fourth-order valence-electron chi connectivity index (χ4n) is 2.92. The summed E-state index contributed by atoms with van der Waals surface area (Å²) in [5.41, 5.74) is 0. The van der Waals surface area contributed by atoms with Crippen molar-refractivity contribution in [3.05, 3.63) is 29.2 Å². The molecule has 2 heterocycles. The molecule has 1 fully saturated rings. The molecule has 25 heavy (non-hydrogen) atoms. The Bertz CT molecular complexity index is 719. The molecule has 1 aliphatic carbocycles. The molecule has 3 rings (SSSR count). The summed E-state index contributed by atoms with van der Waals surface area (Å²) in [4.78, 5) is 12.7. The van der Waals surface area contributed by atoms with E-state index in [1.165, 1.54) is 4.31 Å². The lowest BCUT2D eigenvalue weighted by atomic mass is 9.95. The monoisotopic (exact) mass is 385 g/mol. The van der Waals surface area contributed by atoms with Crippen LogP contribution in [-0.2, 0) is 30.7 Å². The van der Waals surface area contributed by atoms with Gasteiger partial charge < -0.3 is 9.47 Å². The molecule has 1 aromatic heterocycles. The molecular formula is C17H23NO5S2. The van der Waals surface area contributed by atoms with E-state index < -0.39 is 10.0 Å². The summed E-state index contributed by atoms with van der Waals surface area (Å²) in [6, 6.07) is 3.27. The molecule has 0 unspecified atom stereocenters. The molecule has 2 aliphatic rings. The summed E-state index contributed by atoms with van der Waals surface area (Å²) in [7, 11) is -3.49. The molecule has 0 aromatic carbocycles. The molecule has 1 saturated heterocycles. The number of sulfonamides is 1. The van der Waals surface area contributed by atoms with E-state index >= 15 is 0 Å². The van der Waals surface area contributed by atoms with E-state index in [4.69, 9.17) is 9.47 Å². The van der Waals surface area contributed by atoms with Crippen molar-refractivity contribution < 1.29 is 22.7 Å². The van der Waals surface area contributed by atoms with Crippen molar-refractivity contribution in [1.82, 2.24) is 4.31 Å². The van der Waals surface area contributed by atoms with E-state index in [0.717, 1.165) is 30.6 Å². The second-order valence-electron chi connectivity index (χ2n) is 6.25. The van der Waals surface area contributed by atoms with Crippen LogP contribution >= 0.6 is 11.3 Å². The highest BCUT2D eigenvalue weighted by Gasteiger charge is 2.28. The van der Waals surface area contributed by atoms with Crippen molar-refractivity contribution in [1.29, 1.82) is 0 Å². The molecule has 8 heteroatoms. The average molecular weight is 386 g/mol. The van der Waals surface area contributed by atoms with Crippen molar-refractivity contribution in [2.75, 3.05) is 32.9 Å². The van der Waals surface area contributed by atoms with Gasteiger partial charge in [0, 0.05) is 18.0 Å². The maximum Gasteiger partial charge on any atom is 0.311 e. The van der Waals surface area contributed by atoms with Crippen molar-refractivity contribution in [2.45, 2.75) is 29.9 Å².